The van der Waals surface area contributed by atoms with Gasteiger partial charge < -0.3 is 14.2 Å². The molecule has 2 amide bonds. The molecule has 2 aliphatic carbocycles. The van der Waals surface area contributed by atoms with E-state index < -0.39 is 6.04 Å². The monoisotopic (exact) mass is 786 g/mol. The zero-order valence-electron chi connectivity index (χ0n) is 30.1. The first-order valence-electron chi connectivity index (χ1n) is 18.7. The number of fused-ring (bicyclic) bond motifs is 2. The van der Waals surface area contributed by atoms with Gasteiger partial charge in [-0.3, -0.25) is 19.6 Å². The molecule has 7 rings (SSSR count). The summed E-state index contributed by atoms with van der Waals surface area (Å²) in [5, 5.41) is 0.707. The van der Waals surface area contributed by atoms with Gasteiger partial charge in [-0.2, -0.15) is 0 Å². The lowest BCUT2D eigenvalue weighted by Gasteiger charge is -2.45. The number of imidazole rings is 1. The van der Waals surface area contributed by atoms with Gasteiger partial charge in [0.05, 0.1) is 17.4 Å². The summed E-state index contributed by atoms with van der Waals surface area (Å²) < 4.78 is 9.25. The molecular formula is C41H48BrClN6O3. The molecule has 1 unspecified atom stereocenters. The molecule has 1 saturated carbocycles. The molecule has 0 bridgehead atoms. The van der Waals surface area contributed by atoms with Crippen molar-refractivity contribution in [1.29, 1.82) is 0 Å². The van der Waals surface area contributed by atoms with Gasteiger partial charge in [0.2, 0.25) is 5.91 Å². The molecule has 1 saturated heterocycles. The normalized spacial score (nSPS) is 19.4. The number of nitrogens with zero attached hydrogens (tertiary/aromatic N) is 6. The van der Waals surface area contributed by atoms with Crippen LogP contribution in [0.4, 0.5) is 4.79 Å². The molecule has 0 radical (unpaired) electrons. The van der Waals surface area contributed by atoms with Crippen LogP contribution >= 0.6 is 27.5 Å². The van der Waals surface area contributed by atoms with E-state index in [1.807, 2.05) is 49.2 Å². The van der Waals surface area contributed by atoms with E-state index in [9.17, 15) is 4.79 Å². The fraction of sp³-hybridized carbons (Fsp3) is 0.463. The summed E-state index contributed by atoms with van der Waals surface area (Å²) in [4.78, 5) is 44.7. The summed E-state index contributed by atoms with van der Waals surface area (Å²) >= 11 is 10.2. The Balaban J connectivity index is 1.22. The molecule has 11 heteroatoms. The SMILES string of the molecule is Cc1cn(CCCN(Cc2ccccc2)C(=O)[C@H]2CN(C3c4ccc(Cl)cc4CCc4cc(Br)cnc43)CCN2C(=O)OC2CCCCC2)c(C)n1. The zero-order chi connectivity index (χ0) is 36.2. The number of benzene rings is 2. The Morgan fingerprint density at radius 1 is 1.00 bits per heavy atom. The highest BCUT2D eigenvalue weighted by Crippen LogP contribution is 2.39. The van der Waals surface area contributed by atoms with Gasteiger partial charge in [0, 0.05) is 61.2 Å². The van der Waals surface area contributed by atoms with Gasteiger partial charge in [0.25, 0.3) is 0 Å². The molecule has 9 nitrogen and oxygen atoms in total. The Labute approximate surface area is 320 Å². The van der Waals surface area contributed by atoms with Crippen molar-refractivity contribution in [3.63, 3.8) is 0 Å². The first-order chi connectivity index (χ1) is 25.2. The number of aryl methyl sites for hydroxylation is 5. The number of pyridine rings is 1. The van der Waals surface area contributed by atoms with Crippen LogP contribution in [-0.2, 0) is 35.5 Å². The van der Waals surface area contributed by atoms with Gasteiger partial charge in [0.15, 0.2) is 0 Å². The summed E-state index contributed by atoms with van der Waals surface area (Å²) in [6.07, 6.45) is 10.9. The van der Waals surface area contributed by atoms with Gasteiger partial charge in [0.1, 0.15) is 18.0 Å². The van der Waals surface area contributed by atoms with Crippen LogP contribution in [0.1, 0.15) is 84.0 Å². The number of piperazine rings is 1. The van der Waals surface area contributed by atoms with E-state index in [4.69, 9.17) is 21.3 Å². The molecular weight excluding hydrogens is 740 g/mol. The summed E-state index contributed by atoms with van der Waals surface area (Å²) in [5.74, 6) is 0.894. The van der Waals surface area contributed by atoms with Gasteiger partial charge in [-0.25, -0.2) is 9.78 Å². The predicted octanol–water partition coefficient (Wildman–Crippen LogP) is 8.07. The number of halogens is 2. The van der Waals surface area contributed by atoms with E-state index in [1.54, 1.807) is 4.90 Å². The standard InChI is InChI=1S/C41H48BrClN6O3/c1-28-25-46(29(2)45-28)18-9-19-48(26-30-10-5-3-6-11-30)40(50)37-27-47(20-21-49(37)41(51)52-35-12-7-4-8-13-35)39-36-17-16-34(43)23-31(36)14-15-32-22-33(42)24-44-38(32)39/h3,5-6,10-11,16-17,22-25,35,37,39H,4,7-9,12-15,18-21,26-27H2,1-2H3/t37-,39?/m1/s1. The number of aromatic nitrogens is 3. The second kappa shape index (κ2) is 16.5. The highest BCUT2D eigenvalue weighted by atomic mass is 79.9. The van der Waals surface area contributed by atoms with Crippen molar-refractivity contribution in [2.24, 2.45) is 0 Å². The lowest BCUT2D eigenvalue weighted by atomic mass is 9.95. The highest BCUT2D eigenvalue weighted by molar-refractivity contribution is 9.10. The Morgan fingerprint density at radius 3 is 2.56 bits per heavy atom. The molecule has 3 aliphatic rings. The topological polar surface area (TPSA) is 83.8 Å². The quantitative estimate of drug-likeness (QED) is 0.171. The van der Waals surface area contributed by atoms with Crippen LogP contribution in [0.3, 0.4) is 0 Å². The lowest BCUT2D eigenvalue weighted by Crippen LogP contribution is -2.62. The molecule has 3 heterocycles. The van der Waals surface area contributed by atoms with Crippen LogP contribution < -0.4 is 0 Å². The van der Waals surface area contributed by atoms with Crippen molar-refractivity contribution in [1.82, 2.24) is 29.2 Å². The van der Waals surface area contributed by atoms with Crippen LogP contribution in [0, 0.1) is 13.8 Å². The van der Waals surface area contributed by atoms with Gasteiger partial charge in [-0.1, -0.05) is 54.4 Å². The highest BCUT2D eigenvalue weighted by Gasteiger charge is 2.43. The van der Waals surface area contributed by atoms with Gasteiger partial charge in [-0.15, -0.1) is 0 Å². The Bertz CT molecular complexity index is 1830. The van der Waals surface area contributed by atoms with Gasteiger partial charge in [-0.05, 0) is 115 Å². The molecule has 2 aromatic heterocycles. The maximum atomic E-state index is 15.1. The van der Waals surface area contributed by atoms with Crippen LogP contribution in [0.2, 0.25) is 5.02 Å². The zero-order valence-corrected chi connectivity index (χ0v) is 32.5. The maximum absolute atomic E-state index is 15.1. The Hall–Kier alpha value is -3.73. The Morgan fingerprint density at radius 2 is 1.79 bits per heavy atom. The van der Waals surface area contributed by atoms with Crippen molar-refractivity contribution >= 4 is 39.5 Å². The van der Waals surface area contributed by atoms with E-state index in [1.165, 1.54) is 17.5 Å². The summed E-state index contributed by atoms with van der Waals surface area (Å²) in [7, 11) is 0. The van der Waals surface area contributed by atoms with Gasteiger partial charge >= 0.3 is 6.09 Å². The van der Waals surface area contributed by atoms with Crippen molar-refractivity contribution in [2.45, 2.75) is 96.5 Å². The first-order valence-corrected chi connectivity index (χ1v) is 19.9. The molecule has 0 N–H and O–H groups in total. The maximum Gasteiger partial charge on any atom is 0.410 e. The van der Waals surface area contributed by atoms with Crippen molar-refractivity contribution in [3.8, 4) is 0 Å². The van der Waals surface area contributed by atoms with Crippen LogP contribution in [0.25, 0.3) is 0 Å². The van der Waals surface area contributed by atoms with Crippen molar-refractivity contribution < 1.29 is 14.3 Å². The minimum Gasteiger partial charge on any atom is -0.446 e. The minimum atomic E-state index is -0.733. The Kier molecular flexibility index (Phi) is 11.6. The van der Waals surface area contributed by atoms with E-state index >= 15 is 4.79 Å². The third-order valence-corrected chi connectivity index (χ3v) is 11.5. The smallest absolute Gasteiger partial charge is 0.410 e. The molecule has 2 fully saturated rings. The number of amides is 2. The molecule has 1 aliphatic heterocycles. The molecule has 274 valence electrons. The number of ether oxygens (including phenoxy) is 1. The molecule has 2 aromatic carbocycles. The number of hydrogen-bond acceptors (Lipinski definition) is 6. The number of carbonyl (C=O) groups excluding carboxylic acids is 2. The first kappa shape index (κ1) is 36.6. The van der Waals surface area contributed by atoms with E-state index in [-0.39, 0.29) is 24.1 Å². The predicted molar refractivity (Wildman–Crippen MR) is 206 cm³/mol. The third kappa shape index (κ3) is 8.40. The fourth-order valence-electron chi connectivity index (χ4n) is 8.25. The van der Waals surface area contributed by atoms with Crippen LogP contribution in [-0.4, -0.2) is 79.6 Å². The third-order valence-electron chi connectivity index (χ3n) is 10.9. The van der Waals surface area contributed by atoms with E-state index in [2.05, 4.69) is 66.9 Å². The molecule has 2 atom stereocenters. The van der Waals surface area contributed by atoms with Crippen LogP contribution in [0.5, 0.6) is 0 Å². The number of carbonyl (C=O) groups is 2. The van der Waals surface area contributed by atoms with Crippen molar-refractivity contribution in [2.75, 3.05) is 26.2 Å². The van der Waals surface area contributed by atoms with E-state index in [0.29, 0.717) is 37.7 Å². The average molecular weight is 788 g/mol. The van der Waals surface area contributed by atoms with E-state index in [0.717, 1.165) is 84.3 Å². The van der Waals surface area contributed by atoms with Crippen molar-refractivity contribution in [3.05, 3.63) is 116 Å². The number of rotatable bonds is 9. The summed E-state index contributed by atoms with van der Waals surface area (Å²) in [6.45, 7) is 7.05. The van der Waals surface area contributed by atoms with Crippen LogP contribution in [0.15, 0.2) is 71.5 Å². The largest absolute Gasteiger partial charge is 0.446 e. The molecule has 4 aromatic rings. The summed E-state index contributed by atoms with van der Waals surface area (Å²) in [5.41, 5.74) is 6.52. The second-order valence-corrected chi connectivity index (χ2v) is 15.9. The number of hydrogen-bond donors (Lipinski definition) is 0. The summed E-state index contributed by atoms with van der Waals surface area (Å²) in [6, 6.07) is 17.5. The minimum absolute atomic E-state index is 0.0679. The fourth-order valence-corrected chi connectivity index (χ4v) is 8.82. The second-order valence-electron chi connectivity index (χ2n) is 14.5. The average Bonchev–Trinajstić information content (AvgIpc) is 3.38. The molecule has 52 heavy (non-hydrogen) atoms. The lowest BCUT2D eigenvalue weighted by molar-refractivity contribution is -0.140. The molecule has 0 spiro atoms.